The van der Waals surface area contributed by atoms with E-state index in [-0.39, 0.29) is 5.56 Å². The Labute approximate surface area is 185 Å². The SMILES string of the molecule is Cc1cc2c(-c3ccc(F)cc3F)ncnc2nc1C.Cn1cc([C@H]2CCCCO2)cn1. The number of hydrogen-bond donors (Lipinski definition) is 0. The number of hydrogen-bond acceptors (Lipinski definition) is 5. The van der Waals surface area contributed by atoms with Crippen LogP contribution < -0.4 is 0 Å². The van der Waals surface area contributed by atoms with Crippen molar-refractivity contribution in [3.63, 3.8) is 0 Å². The van der Waals surface area contributed by atoms with Gasteiger partial charge in [0.2, 0.25) is 0 Å². The molecule has 1 fully saturated rings. The largest absolute Gasteiger partial charge is 0.373 e. The van der Waals surface area contributed by atoms with Crippen LogP contribution in [0.15, 0.2) is 43.0 Å². The summed E-state index contributed by atoms with van der Waals surface area (Å²) in [6.45, 7) is 4.70. The molecule has 4 aromatic rings. The molecule has 1 atom stereocenters. The van der Waals surface area contributed by atoms with E-state index in [4.69, 9.17) is 4.74 Å². The number of ether oxygens (including phenoxy) is 1. The van der Waals surface area contributed by atoms with Crippen molar-refractivity contribution in [1.82, 2.24) is 24.7 Å². The van der Waals surface area contributed by atoms with E-state index in [2.05, 4.69) is 20.1 Å². The lowest BCUT2D eigenvalue weighted by atomic mass is 10.0. The quantitative estimate of drug-likeness (QED) is 0.429. The molecule has 0 radical (unpaired) electrons. The summed E-state index contributed by atoms with van der Waals surface area (Å²) in [5, 5.41) is 4.78. The van der Waals surface area contributed by atoms with Gasteiger partial charge in [0.05, 0.1) is 18.0 Å². The molecule has 32 heavy (non-hydrogen) atoms. The normalized spacial score (nSPS) is 16.0. The molecular weight excluding hydrogens is 412 g/mol. The number of benzene rings is 1. The Morgan fingerprint density at radius 1 is 1.09 bits per heavy atom. The van der Waals surface area contributed by atoms with E-state index in [1.54, 1.807) is 0 Å². The van der Waals surface area contributed by atoms with Gasteiger partial charge in [0.1, 0.15) is 18.0 Å². The molecule has 0 amide bonds. The molecule has 6 nitrogen and oxygen atoms in total. The summed E-state index contributed by atoms with van der Waals surface area (Å²) in [6.07, 6.45) is 9.20. The Morgan fingerprint density at radius 2 is 1.94 bits per heavy atom. The van der Waals surface area contributed by atoms with Crippen molar-refractivity contribution in [3.8, 4) is 11.3 Å². The highest BCUT2D eigenvalue weighted by Crippen LogP contribution is 2.28. The Hall–Kier alpha value is -3.26. The van der Waals surface area contributed by atoms with Gasteiger partial charge < -0.3 is 4.74 Å². The van der Waals surface area contributed by atoms with Crippen molar-refractivity contribution in [2.24, 2.45) is 7.05 Å². The fraction of sp³-hybridized carbons (Fsp3) is 0.333. The predicted octanol–water partition coefficient (Wildman–Crippen LogP) is 5.25. The van der Waals surface area contributed by atoms with Gasteiger partial charge in [0.15, 0.2) is 5.65 Å². The van der Waals surface area contributed by atoms with Crippen molar-refractivity contribution in [2.45, 2.75) is 39.2 Å². The summed E-state index contributed by atoms with van der Waals surface area (Å²) in [7, 11) is 1.94. The molecule has 0 aliphatic carbocycles. The molecule has 1 aliphatic heterocycles. The van der Waals surface area contributed by atoms with Gasteiger partial charge in [-0.25, -0.2) is 23.7 Å². The predicted molar refractivity (Wildman–Crippen MR) is 118 cm³/mol. The smallest absolute Gasteiger partial charge is 0.163 e. The Balaban J connectivity index is 0.000000174. The zero-order valence-corrected chi connectivity index (χ0v) is 18.3. The van der Waals surface area contributed by atoms with E-state index in [1.165, 1.54) is 36.9 Å². The van der Waals surface area contributed by atoms with Crippen LogP contribution in [0.2, 0.25) is 0 Å². The molecule has 0 unspecified atom stereocenters. The lowest BCUT2D eigenvalue weighted by Crippen LogP contribution is -2.10. The number of aryl methyl sites for hydroxylation is 3. The number of pyridine rings is 1. The van der Waals surface area contributed by atoms with Gasteiger partial charge in [-0.05, 0) is 56.9 Å². The third-order valence-electron chi connectivity index (χ3n) is 5.53. The Kier molecular flexibility index (Phi) is 6.50. The van der Waals surface area contributed by atoms with E-state index in [1.807, 2.05) is 44.0 Å². The number of nitrogens with zero attached hydrogens (tertiary/aromatic N) is 5. The van der Waals surface area contributed by atoms with Crippen LogP contribution in [0.5, 0.6) is 0 Å². The van der Waals surface area contributed by atoms with Crippen LogP contribution in [-0.2, 0) is 11.8 Å². The van der Waals surface area contributed by atoms with Gasteiger partial charge in [-0.2, -0.15) is 5.10 Å². The Bertz CT molecular complexity index is 1230. The Morgan fingerprint density at radius 3 is 2.62 bits per heavy atom. The van der Waals surface area contributed by atoms with Crippen LogP contribution in [-0.4, -0.2) is 31.3 Å². The number of fused-ring (bicyclic) bond motifs is 1. The minimum atomic E-state index is -0.650. The number of halogens is 2. The van der Waals surface area contributed by atoms with Gasteiger partial charge in [-0.15, -0.1) is 0 Å². The molecular formula is C24H25F2N5O. The summed E-state index contributed by atoms with van der Waals surface area (Å²) in [5.74, 6) is -1.27. The topological polar surface area (TPSA) is 65.7 Å². The molecule has 0 saturated carbocycles. The fourth-order valence-corrected chi connectivity index (χ4v) is 3.68. The second kappa shape index (κ2) is 9.48. The summed E-state index contributed by atoms with van der Waals surface area (Å²) >= 11 is 0. The van der Waals surface area contributed by atoms with Gasteiger partial charge in [0.25, 0.3) is 0 Å². The summed E-state index contributed by atoms with van der Waals surface area (Å²) < 4.78 is 34.4. The molecule has 8 heteroatoms. The summed E-state index contributed by atoms with van der Waals surface area (Å²) in [5.41, 5.74) is 4.21. The average molecular weight is 437 g/mol. The first-order valence-electron chi connectivity index (χ1n) is 10.6. The van der Waals surface area contributed by atoms with Gasteiger partial charge in [0, 0.05) is 48.1 Å². The van der Waals surface area contributed by atoms with Crippen molar-refractivity contribution in [2.75, 3.05) is 6.61 Å². The molecule has 1 aromatic carbocycles. The molecule has 166 valence electrons. The van der Waals surface area contributed by atoms with Gasteiger partial charge in [-0.1, -0.05) is 0 Å². The van der Waals surface area contributed by atoms with Crippen molar-refractivity contribution < 1.29 is 13.5 Å². The number of aromatic nitrogens is 5. The van der Waals surface area contributed by atoms with Gasteiger partial charge in [-0.3, -0.25) is 4.68 Å². The zero-order valence-electron chi connectivity index (χ0n) is 18.3. The fourth-order valence-electron chi connectivity index (χ4n) is 3.68. The summed E-state index contributed by atoms with van der Waals surface area (Å²) in [4.78, 5) is 12.6. The second-order valence-corrected chi connectivity index (χ2v) is 7.91. The first kappa shape index (κ1) is 22.0. The van der Waals surface area contributed by atoms with Gasteiger partial charge >= 0.3 is 0 Å². The van der Waals surface area contributed by atoms with E-state index in [0.29, 0.717) is 22.8 Å². The molecule has 0 bridgehead atoms. The zero-order chi connectivity index (χ0) is 22.7. The number of rotatable bonds is 2. The maximum absolute atomic E-state index is 13.9. The second-order valence-electron chi connectivity index (χ2n) is 7.91. The summed E-state index contributed by atoms with van der Waals surface area (Å²) in [6, 6.07) is 5.30. The van der Waals surface area contributed by atoms with E-state index in [9.17, 15) is 8.78 Å². The van der Waals surface area contributed by atoms with Crippen molar-refractivity contribution in [1.29, 1.82) is 0 Å². The average Bonchev–Trinajstić information content (AvgIpc) is 3.22. The minimum Gasteiger partial charge on any atom is -0.373 e. The first-order chi connectivity index (χ1) is 15.4. The van der Waals surface area contributed by atoms with Crippen LogP contribution >= 0.6 is 0 Å². The third-order valence-corrected chi connectivity index (χ3v) is 5.53. The monoisotopic (exact) mass is 437 g/mol. The third kappa shape index (κ3) is 4.80. The molecule has 0 spiro atoms. The molecule has 5 rings (SSSR count). The molecule has 3 aromatic heterocycles. The van der Waals surface area contributed by atoms with E-state index < -0.39 is 11.6 Å². The lowest BCUT2D eigenvalue weighted by molar-refractivity contribution is 0.0149. The lowest BCUT2D eigenvalue weighted by Gasteiger charge is -2.21. The highest BCUT2D eigenvalue weighted by Gasteiger charge is 2.17. The molecule has 1 aliphatic rings. The van der Waals surface area contributed by atoms with Crippen LogP contribution in [0.3, 0.4) is 0 Å². The highest BCUT2D eigenvalue weighted by molar-refractivity contribution is 5.90. The maximum Gasteiger partial charge on any atom is 0.163 e. The standard InChI is InChI=1S/C15H11F2N3.C9H14N2O/c1-8-5-12-14(11-4-3-10(16)6-13(11)17)18-7-19-15(12)20-9(8)2;1-11-7-8(6-10-11)9-4-2-3-5-12-9/h3-7H,1-2H3;6-7,9H,2-5H2,1H3/t;9-/m.1/s1. The van der Waals surface area contributed by atoms with Crippen LogP contribution in [0, 0.1) is 25.5 Å². The molecule has 4 heterocycles. The van der Waals surface area contributed by atoms with E-state index >= 15 is 0 Å². The van der Waals surface area contributed by atoms with Crippen LogP contribution in [0.1, 0.15) is 42.2 Å². The van der Waals surface area contributed by atoms with Crippen molar-refractivity contribution in [3.05, 3.63) is 71.4 Å². The van der Waals surface area contributed by atoms with E-state index in [0.717, 1.165) is 30.4 Å². The first-order valence-corrected chi connectivity index (χ1v) is 10.6. The van der Waals surface area contributed by atoms with Crippen molar-refractivity contribution >= 4 is 11.0 Å². The highest BCUT2D eigenvalue weighted by atomic mass is 19.1. The molecule has 0 N–H and O–H groups in total. The maximum atomic E-state index is 13.9. The minimum absolute atomic E-state index is 0.240. The molecule has 1 saturated heterocycles. The van der Waals surface area contributed by atoms with Crippen LogP contribution in [0.4, 0.5) is 8.78 Å². The van der Waals surface area contributed by atoms with Crippen LogP contribution in [0.25, 0.3) is 22.3 Å².